The second-order valence-corrected chi connectivity index (χ2v) is 15.9. The lowest BCUT2D eigenvalue weighted by Crippen LogP contribution is -2.23. The minimum atomic E-state index is -0.489. The molecule has 2 amide bonds. The second-order valence-electron chi connectivity index (χ2n) is 15.9. The molecule has 0 unspecified atom stereocenters. The van der Waals surface area contributed by atoms with Crippen LogP contribution >= 0.6 is 0 Å². The molecule has 8 nitrogen and oxygen atoms in total. The Morgan fingerprint density at radius 3 is 1.04 bits per heavy atom. The summed E-state index contributed by atoms with van der Waals surface area (Å²) < 4.78 is 10.8. The zero-order valence-corrected chi connectivity index (χ0v) is 35.9. The summed E-state index contributed by atoms with van der Waals surface area (Å²) in [6.07, 6.45) is 36.3. The summed E-state index contributed by atoms with van der Waals surface area (Å²) in [6, 6.07) is 7.03. The maximum Gasteiger partial charge on any atom is 0.411 e. The molecule has 1 rings (SSSR count). The van der Waals surface area contributed by atoms with Gasteiger partial charge in [-0.15, -0.1) is 0 Å². The molecule has 0 heterocycles. The highest BCUT2D eigenvalue weighted by Crippen LogP contribution is 2.17. The summed E-state index contributed by atoms with van der Waals surface area (Å²) in [6.45, 7) is 9.28. The van der Waals surface area contributed by atoms with E-state index in [1.165, 1.54) is 167 Å². The Balaban J connectivity index is 2.00. The van der Waals surface area contributed by atoms with Gasteiger partial charge in [0, 0.05) is 24.5 Å². The summed E-state index contributed by atoms with van der Waals surface area (Å²) in [4.78, 5) is 29.4. The first-order chi connectivity index (χ1) is 26.4. The summed E-state index contributed by atoms with van der Waals surface area (Å²) in [5.41, 5.74) is 1.12. The van der Waals surface area contributed by atoms with E-state index in [0.29, 0.717) is 24.6 Å². The van der Waals surface area contributed by atoms with Crippen LogP contribution in [-0.2, 0) is 9.47 Å². The molecule has 0 aliphatic rings. The van der Waals surface area contributed by atoms with Gasteiger partial charge >= 0.3 is 12.2 Å². The minimum Gasteiger partial charge on any atom is -0.449 e. The average Bonchev–Trinajstić information content (AvgIpc) is 3.16. The van der Waals surface area contributed by atoms with Gasteiger partial charge in [-0.2, -0.15) is 0 Å². The summed E-state index contributed by atoms with van der Waals surface area (Å²) in [5, 5.41) is 5.52. The first kappa shape index (κ1) is 49.7. The number of carbonyl (C=O) groups excluding carboxylic acids is 2. The van der Waals surface area contributed by atoms with Crippen molar-refractivity contribution in [2.45, 2.75) is 194 Å². The fourth-order valence-corrected chi connectivity index (χ4v) is 7.00. The molecule has 54 heavy (non-hydrogen) atoms. The molecular weight excluding hydrogens is 673 g/mol. The van der Waals surface area contributed by atoms with Crippen LogP contribution in [0.25, 0.3) is 0 Å². The molecule has 0 radical (unpaired) electrons. The molecule has 0 saturated heterocycles. The van der Waals surface area contributed by atoms with Crippen molar-refractivity contribution in [3.05, 3.63) is 24.3 Å². The summed E-state index contributed by atoms with van der Waals surface area (Å²) >= 11 is 0. The molecule has 0 aliphatic heterocycles. The Labute approximate surface area is 333 Å². The molecule has 2 N–H and O–H groups in total. The van der Waals surface area contributed by atoms with Gasteiger partial charge in [-0.05, 0) is 71.1 Å². The van der Waals surface area contributed by atoms with Crippen molar-refractivity contribution in [3.8, 4) is 0 Å². The Kier molecular flexibility index (Phi) is 34.6. The maximum absolute atomic E-state index is 12.4. The van der Waals surface area contributed by atoms with Crippen LogP contribution in [0.3, 0.4) is 0 Å². The zero-order chi connectivity index (χ0) is 39.2. The van der Waals surface area contributed by atoms with Gasteiger partial charge in [-0.25, -0.2) is 9.59 Å². The van der Waals surface area contributed by atoms with E-state index in [9.17, 15) is 9.59 Å². The molecule has 0 atom stereocenters. The number of unbranched alkanes of at least 4 members (excludes halogenated alkanes) is 24. The average molecular weight is 759 g/mol. The molecule has 1 aromatic rings. The molecule has 314 valence electrons. The quantitative estimate of drug-likeness (QED) is 0.0654. The number of nitrogens with one attached hydrogen (secondary N) is 2. The van der Waals surface area contributed by atoms with E-state index in [1.807, 2.05) is 0 Å². The third kappa shape index (κ3) is 33.1. The SMILES string of the molecule is CCCCCCCCCCCCCCCN(C)CCCOC(=O)Nc1cccc(NC(=O)OCCCN(C)CCCCCCCCCCCCCCC)c1. The van der Waals surface area contributed by atoms with Crippen LogP contribution in [0.15, 0.2) is 24.3 Å². The normalized spacial score (nSPS) is 11.4. The van der Waals surface area contributed by atoms with Gasteiger partial charge in [0.1, 0.15) is 0 Å². The topological polar surface area (TPSA) is 83.1 Å². The number of benzene rings is 1. The molecule has 0 saturated carbocycles. The summed E-state index contributed by atoms with van der Waals surface area (Å²) in [7, 11) is 4.29. The highest BCUT2D eigenvalue weighted by molar-refractivity contribution is 5.88. The van der Waals surface area contributed by atoms with Crippen LogP contribution in [0, 0.1) is 0 Å². The lowest BCUT2D eigenvalue weighted by atomic mass is 10.0. The smallest absolute Gasteiger partial charge is 0.411 e. The number of hydrogen-bond donors (Lipinski definition) is 2. The number of ether oxygens (including phenoxy) is 2. The van der Waals surface area contributed by atoms with Crippen molar-refractivity contribution in [1.82, 2.24) is 9.80 Å². The number of anilines is 2. The van der Waals surface area contributed by atoms with Gasteiger partial charge in [-0.3, -0.25) is 10.6 Å². The largest absolute Gasteiger partial charge is 0.449 e. The van der Waals surface area contributed by atoms with Crippen LogP contribution in [-0.4, -0.2) is 75.5 Å². The molecule has 0 aromatic heterocycles. The van der Waals surface area contributed by atoms with E-state index in [1.54, 1.807) is 24.3 Å². The van der Waals surface area contributed by atoms with Crippen molar-refractivity contribution < 1.29 is 19.1 Å². The highest BCUT2D eigenvalue weighted by Gasteiger charge is 2.08. The summed E-state index contributed by atoms with van der Waals surface area (Å²) in [5.74, 6) is 0. The molecule has 0 fully saturated rings. The molecule has 0 bridgehead atoms. The van der Waals surface area contributed by atoms with Gasteiger partial charge in [0.05, 0.1) is 13.2 Å². The Morgan fingerprint density at radius 1 is 0.444 bits per heavy atom. The van der Waals surface area contributed by atoms with E-state index in [-0.39, 0.29) is 0 Å². The number of rotatable bonds is 38. The van der Waals surface area contributed by atoms with E-state index < -0.39 is 12.2 Å². The van der Waals surface area contributed by atoms with Crippen LogP contribution in [0.4, 0.5) is 21.0 Å². The molecule has 0 spiro atoms. The maximum atomic E-state index is 12.4. The number of hydrogen-bond acceptors (Lipinski definition) is 6. The number of nitrogens with zero attached hydrogens (tertiary/aromatic N) is 2. The van der Waals surface area contributed by atoms with Gasteiger partial charge in [-0.1, -0.05) is 174 Å². The third-order valence-electron chi connectivity index (χ3n) is 10.5. The standard InChI is InChI=1S/C46H86N4O4/c1-5-7-9-11-13-15-17-19-21-23-25-27-29-36-49(3)38-32-40-53-45(51)47-43-34-31-35-44(42-43)48-46(52)54-41-33-39-50(4)37-30-28-26-24-22-20-18-16-14-12-10-8-6-2/h31,34-35,42H,5-30,32-33,36-41H2,1-4H3,(H,47,51)(H,48,52). The molecule has 1 aromatic carbocycles. The van der Waals surface area contributed by atoms with Crippen molar-refractivity contribution >= 4 is 23.6 Å². The Bertz CT molecular complexity index is 920. The Morgan fingerprint density at radius 2 is 0.722 bits per heavy atom. The first-order valence-corrected chi connectivity index (χ1v) is 22.8. The van der Waals surface area contributed by atoms with Crippen LogP contribution in [0.5, 0.6) is 0 Å². The molecule has 8 heteroatoms. The molecular formula is C46H86N4O4. The van der Waals surface area contributed by atoms with Crippen molar-refractivity contribution in [2.24, 2.45) is 0 Å². The zero-order valence-electron chi connectivity index (χ0n) is 35.9. The van der Waals surface area contributed by atoms with E-state index in [2.05, 4.69) is 48.4 Å². The predicted octanol–water partition coefficient (Wildman–Crippen LogP) is 13.6. The fraction of sp³-hybridized carbons (Fsp3) is 0.826. The lowest BCUT2D eigenvalue weighted by molar-refractivity contribution is 0.154. The fourth-order valence-electron chi connectivity index (χ4n) is 7.00. The first-order valence-electron chi connectivity index (χ1n) is 22.8. The third-order valence-corrected chi connectivity index (χ3v) is 10.5. The van der Waals surface area contributed by atoms with Gasteiger partial charge in [0.25, 0.3) is 0 Å². The van der Waals surface area contributed by atoms with Crippen LogP contribution in [0.2, 0.25) is 0 Å². The molecule has 0 aliphatic carbocycles. The van der Waals surface area contributed by atoms with Crippen molar-refractivity contribution in [3.63, 3.8) is 0 Å². The Hall–Kier alpha value is -2.32. The monoisotopic (exact) mass is 759 g/mol. The highest BCUT2D eigenvalue weighted by atomic mass is 16.6. The van der Waals surface area contributed by atoms with Gasteiger partial charge in [0.15, 0.2) is 0 Å². The lowest BCUT2D eigenvalue weighted by Gasteiger charge is -2.16. The van der Waals surface area contributed by atoms with Crippen LogP contribution < -0.4 is 10.6 Å². The van der Waals surface area contributed by atoms with Crippen molar-refractivity contribution in [2.75, 3.05) is 64.1 Å². The van der Waals surface area contributed by atoms with Crippen molar-refractivity contribution in [1.29, 1.82) is 0 Å². The van der Waals surface area contributed by atoms with E-state index in [0.717, 1.165) is 39.0 Å². The second kappa shape index (κ2) is 37.6. The van der Waals surface area contributed by atoms with E-state index in [4.69, 9.17) is 9.47 Å². The number of amides is 2. The van der Waals surface area contributed by atoms with Crippen LogP contribution in [0.1, 0.15) is 194 Å². The number of carbonyl (C=O) groups is 2. The predicted molar refractivity (Wildman–Crippen MR) is 232 cm³/mol. The van der Waals surface area contributed by atoms with Gasteiger partial charge < -0.3 is 19.3 Å². The van der Waals surface area contributed by atoms with E-state index >= 15 is 0 Å². The minimum absolute atomic E-state index is 0.369. The van der Waals surface area contributed by atoms with Gasteiger partial charge in [0.2, 0.25) is 0 Å².